The Morgan fingerprint density at radius 3 is 2.57 bits per heavy atom. The molecule has 1 aromatic heterocycles. The van der Waals surface area contributed by atoms with Crippen molar-refractivity contribution in [3.63, 3.8) is 0 Å². The van der Waals surface area contributed by atoms with Gasteiger partial charge in [0.1, 0.15) is 23.1 Å². The lowest BCUT2D eigenvalue weighted by Crippen LogP contribution is -2.48. The monoisotopic (exact) mass is 486 g/mol. The molecule has 3 aromatic rings. The number of H-pyrrole nitrogens is 1. The number of phenols is 1. The fourth-order valence-electron chi connectivity index (χ4n) is 4.85. The van der Waals surface area contributed by atoms with Crippen LogP contribution in [0.15, 0.2) is 36.4 Å². The number of hydrogen-bond acceptors (Lipinski definition) is 4. The van der Waals surface area contributed by atoms with Crippen molar-refractivity contribution in [1.82, 2.24) is 9.88 Å². The highest BCUT2D eigenvalue weighted by Gasteiger charge is 2.41. The average molecular weight is 487 g/mol. The molecule has 186 valence electrons. The lowest BCUT2D eigenvalue weighted by Gasteiger charge is -2.43. The largest absolute Gasteiger partial charge is 0.508 e. The lowest BCUT2D eigenvalue weighted by atomic mass is 9.87. The zero-order valence-electron chi connectivity index (χ0n) is 20.2. The Hall–Kier alpha value is -3.26. The quantitative estimate of drug-likeness (QED) is 0.341. The number of aromatic hydroxyl groups is 1. The summed E-state index contributed by atoms with van der Waals surface area (Å²) in [5, 5.41) is 10.8. The molecule has 1 aliphatic heterocycles. The van der Waals surface area contributed by atoms with Gasteiger partial charge in [-0.2, -0.15) is 0 Å². The highest BCUT2D eigenvalue weighted by molar-refractivity contribution is 5.87. The predicted molar refractivity (Wildman–Crippen MR) is 129 cm³/mol. The molecule has 2 unspecified atom stereocenters. The van der Waals surface area contributed by atoms with Crippen LogP contribution in [-0.4, -0.2) is 45.8 Å². The van der Waals surface area contributed by atoms with E-state index in [2.05, 4.69) is 4.98 Å². The molecular weight excluding hydrogens is 457 g/mol. The van der Waals surface area contributed by atoms with Gasteiger partial charge in [-0.3, -0.25) is 4.90 Å². The maximum Gasteiger partial charge on any atom is 0.330 e. The van der Waals surface area contributed by atoms with E-state index in [9.17, 15) is 14.3 Å². The number of phenolic OH excluding ortho intramolecular Hbond substituents is 1. The number of benzene rings is 2. The number of hydrogen-bond donors (Lipinski definition) is 2. The van der Waals surface area contributed by atoms with Crippen LogP contribution >= 0.6 is 0 Å². The van der Waals surface area contributed by atoms with Gasteiger partial charge in [-0.15, -0.1) is 0 Å². The van der Waals surface area contributed by atoms with E-state index in [1.807, 2.05) is 6.92 Å². The number of nitrogens with one attached hydrogen (secondary N) is 1. The number of carbonyl (C=O) groups excluding carboxylic acids is 1. The van der Waals surface area contributed by atoms with Crippen LogP contribution in [0.2, 0.25) is 0 Å². The predicted octanol–water partition coefficient (Wildman–Crippen LogP) is 5.81. The molecule has 2 atom stereocenters. The summed E-state index contributed by atoms with van der Waals surface area (Å²) >= 11 is 0. The molecule has 2 heterocycles. The zero-order chi connectivity index (χ0) is 25.5. The van der Waals surface area contributed by atoms with E-state index in [0.29, 0.717) is 12.1 Å². The second kappa shape index (κ2) is 9.41. The second-order valence-corrected chi connectivity index (χ2v) is 9.58. The molecule has 0 amide bonds. The van der Waals surface area contributed by atoms with Crippen LogP contribution in [0.5, 0.6) is 5.75 Å². The molecule has 0 fully saturated rings. The minimum atomic E-state index is -1.61. The molecular formula is C27H29F3N2O3. The standard InChI is InChI=1S/C27H29F3N2O3/c1-5-35-23(34)9-6-16-11-20(28)24(21(29)12-16)26-25-19(10-15(2)32(26)14-27(3,4)30)18-13-17(33)7-8-22(18)31-25/h6-9,11-13,15,26,31,33H,5,10,14H2,1-4H3/b9-6+. The van der Waals surface area contributed by atoms with Crippen molar-refractivity contribution in [2.75, 3.05) is 13.2 Å². The number of carbonyl (C=O) groups is 1. The summed E-state index contributed by atoms with van der Waals surface area (Å²) in [7, 11) is 0. The Balaban J connectivity index is 1.86. The summed E-state index contributed by atoms with van der Waals surface area (Å²) in [6.07, 6.45) is 2.92. The molecule has 0 bridgehead atoms. The number of rotatable bonds is 6. The number of alkyl halides is 1. The average Bonchev–Trinajstić information content (AvgIpc) is 3.10. The summed E-state index contributed by atoms with van der Waals surface area (Å²) in [6.45, 7) is 6.58. The molecule has 2 N–H and O–H groups in total. The van der Waals surface area contributed by atoms with Gasteiger partial charge in [-0.1, -0.05) is 0 Å². The van der Waals surface area contributed by atoms with Gasteiger partial charge in [0.2, 0.25) is 0 Å². The Labute approximate surface area is 202 Å². The Kier molecular flexibility index (Phi) is 6.68. The highest BCUT2D eigenvalue weighted by atomic mass is 19.1. The van der Waals surface area contributed by atoms with E-state index < -0.39 is 29.3 Å². The van der Waals surface area contributed by atoms with Gasteiger partial charge in [-0.25, -0.2) is 18.0 Å². The number of aromatic nitrogens is 1. The van der Waals surface area contributed by atoms with Crippen LogP contribution < -0.4 is 0 Å². The lowest BCUT2D eigenvalue weighted by molar-refractivity contribution is -0.137. The van der Waals surface area contributed by atoms with Crippen LogP contribution in [-0.2, 0) is 16.0 Å². The van der Waals surface area contributed by atoms with E-state index in [1.54, 1.807) is 24.0 Å². The topological polar surface area (TPSA) is 65.6 Å². The second-order valence-electron chi connectivity index (χ2n) is 9.58. The van der Waals surface area contributed by atoms with Gasteiger partial charge in [0.05, 0.1) is 12.6 Å². The van der Waals surface area contributed by atoms with E-state index in [1.165, 1.54) is 26.0 Å². The van der Waals surface area contributed by atoms with Gasteiger partial charge in [0.15, 0.2) is 0 Å². The number of fused-ring (bicyclic) bond motifs is 3. The normalized spacial score (nSPS) is 18.8. The van der Waals surface area contributed by atoms with Gasteiger partial charge in [0.25, 0.3) is 0 Å². The van der Waals surface area contributed by atoms with E-state index in [-0.39, 0.29) is 36.1 Å². The first kappa shape index (κ1) is 24.9. The van der Waals surface area contributed by atoms with Crippen molar-refractivity contribution >= 4 is 22.9 Å². The molecule has 35 heavy (non-hydrogen) atoms. The summed E-state index contributed by atoms with van der Waals surface area (Å²) in [5.41, 5.74) is 0.489. The molecule has 2 aromatic carbocycles. The summed E-state index contributed by atoms with van der Waals surface area (Å²) in [5.74, 6) is -2.13. The van der Waals surface area contributed by atoms with E-state index >= 15 is 8.78 Å². The first-order valence-electron chi connectivity index (χ1n) is 11.6. The number of esters is 1. The number of nitrogens with zero attached hydrogens (tertiary/aromatic N) is 1. The Morgan fingerprint density at radius 1 is 1.26 bits per heavy atom. The molecule has 0 saturated heterocycles. The van der Waals surface area contributed by atoms with Crippen molar-refractivity contribution in [2.45, 2.75) is 51.9 Å². The smallest absolute Gasteiger partial charge is 0.330 e. The van der Waals surface area contributed by atoms with Crippen LogP contribution in [0.1, 0.15) is 56.1 Å². The maximum absolute atomic E-state index is 15.6. The highest BCUT2D eigenvalue weighted by Crippen LogP contribution is 2.43. The minimum Gasteiger partial charge on any atom is -0.508 e. The van der Waals surface area contributed by atoms with Gasteiger partial charge < -0.3 is 14.8 Å². The van der Waals surface area contributed by atoms with Crippen LogP contribution in [0.3, 0.4) is 0 Å². The van der Waals surface area contributed by atoms with Crippen LogP contribution in [0.25, 0.3) is 17.0 Å². The van der Waals surface area contributed by atoms with Crippen molar-refractivity contribution in [2.24, 2.45) is 0 Å². The number of halogens is 3. The van der Waals surface area contributed by atoms with Crippen LogP contribution in [0.4, 0.5) is 13.2 Å². The SMILES string of the molecule is CCOC(=O)/C=C/c1cc(F)c(C2c3[nH]c4ccc(O)cc4c3CC(C)N2CC(C)(C)F)c(F)c1. The summed E-state index contributed by atoms with van der Waals surface area (Å²) in [6, 6.07) is 6.04. The molecule has 8 heteroatoms. The van der Waals surface area contributed by atoms with Crippen LogP contribution in [0, 0.1) is 11.6 Å². The van der Waals surface area contributed by atoms with Crippen molar-refractivity contribution in [3.05, 3.63) is 70.4 Å². The van der Waals surface area contributed by atoms with Crippen molar-refractivity contribution in [3.8, 4) is 5.75 Å². The van der Waals surface area contributed by atoms with E-state index in [0.717, 1.165) is 34.7 Å². The summed E-state index contributed by atoms with van der Waals surface area (Å²) in [4.78, 5) is 16.6. The van der Waals surface area contributed by atoms with Gasteiger partial charge in [0, 0.05) is 40.8 Å². The van der Waals surface area contributed by atoms with Crippen molar-refractivity contribution in [1.29, 1.82) is 0 Å². The molecule has 0 aliphatic carbocycles. The fraction of sp³-hybridized carbons (Fsp3) is 0.370. The third-order valence-electron chi connectivity index (χ3n) is 6.23. The molecule has 4 rings (SSSR count). The molecule has 1 aliphatic rings. The first-order valence-corrected chi connectivity index (χ1v) is 11.6. The number of aromatic amines is 1. The van der Waals surface area contributed by atoms with Crippen molar-refractivity contribution < 1.29 is 27.8 Å². The zero-order valence-corrected chi connectivity index (χ0v) is 20.2. The molecule has 5 nitrogen and oxygen atoms in total. The summed E-state index contributed by atoms with van der Waals surface area (Å²) < 4.78 is 50.8. The third-order valence-corrected chi connectivity index (χ3v) is 6.23. The van der Waals surface area contributed by atoms with Gasteiger partial charge >= 0.3 is 5.97 Å². The first-order chi connectivity index (χ1) is 16.5. The molecule has 0 spiro atoms. The van der Waals surface area contributed by atoms with Gasteiger partial charge in [-0.05, 0) is 81.7 Å². The minimum absolute atomic E-state index is 0.0394. The Bertz CT molecular complexity index is 1270. The number of ether oxygens (including phenoxy) is 1. The Morgan fingerprint density at radius 2 is 1.94 bits per heavy atom. The molecule has 0 radical (unpaired) electrons. The van der Waals surface area contributed by atoms with E-state index in [4.69, 9.17) is 4.74 Å². The fourth-order valence-corrected chi connectivity index (χ4v) is 4.85. The molecule has 0 saturated carbocycles. The maximum atomic E-state index is 15.6. The third kappa shape index (κ3) is 5.07.